The van der Waals surface area contributed by atoms with Crippen LogP contribution in [0.5, 0.6) is 5.75 Å². The summed E-state index contributed by atoms with van der Waals surface area (Å²) in [7, 11) is 1.67. The molecule has 3 aliphatic rings. The number of piperidine rings is 1. The molecule has 0 unspecified atom stereocenters. The molecule has 3 fully saturated rings. The first-order chi connectivity index (χ1) is 12.7. The van der Waals surface area contributed by atoms with E-state index in [0.717, 1.165) is 63.9 Å². The maximum Gasteiger partial charge on any atom is 0.226 e. The number of benzene rings is 1. The van der Waals surface area contributed by atoms with Gasteiger partial charge in [0, 0.05) is 31.5 Å². The first-order valence-corrected chi connectivity index (χ1v) is 9.90. The van der Waals surface area contributed by atoms with E-state index in [2.05, 4.69) is 17.0 Å². The van der Waals surface area contributed by atoms with Gasteiger partial charge in [-0.25, -0.2) is 0 Å². The summed E-state index contributed by atoms with van der Waals surface area (Å²) in [5.74, 6) is 1.78. The number of rotatable bonds is 4. The lowest BCUT2D eigenvalue weighted by Crippen LogP contribution is -2.44. The molecular formula is C21H28N2O3. The standard InChI is InChI=1S/C21H28N2O3/c1-26-18-8-6-15(7-9-18)19-3-2-12-23(19)21(25)17-10-13-22(14-11-17)20(24)16-4-5-16/h6-9,16-17,19H,2-5,10-14H2,1H3/t19-/m1/s1. The van der Waals surface area contributed by atoms with Crippen molar-refractivity contribution in [3.63, 3.8) is 0 Å². The Balaban J connectivity index is 1.38. The maximum atomic E-state index is 13.1. The van der Waals surface area contributed by atoms with Crippen molar-refractivity contribution in [2.24, 2.45) is 11.8 Å². The Morgan fingerprint density at radius 2 is 1.54 bits per heavy atom. The van der Waals surface area contributed by atoms with Gasteiger partial charge in [0.25, 0.3) is 0 Å². The lowest BCUT2D eigenvalue weighted by atomic mass is 9.94. The molecule has 1 aliphatic carbocycles. The molecule has 0 N–H and O–H groups in total. The fourth-order valence-electron chi connectivity index (χ4n) is 4.37. The number of ether oxygens (including phenoxy) is 1. The zero-order chi connectivity index (χ0) is 18.1. The third-order valence-corrected chi connectivity index (χ3v) is 6.12. The zero-order valence-electron chi connectivity index (χ0n) is 15.5. The fourth-order valence-corrected chi connectivity index (χ4v) is 4.37. The van der Waals surface area contributed by atoms with Gasteiger partial charge in [-0.15, -0.1) is 0 Å². The summed E-state index contributed by atoms with van der Waals surface area (Å²) in [6, 6.07) is 8.27. The van der Waals surface area contributed by atoms with Crippen LogP contribution in [0.4, 0.5) is 0 Å². The minimum absolute atomic E-state index is 0.0668. The maximum absolute atomic E-state index is 13.1. The van der Waals surface area contributed by atoms with E-state index in [1.54, 1.807) is 7.11 Å². The van der Waals surface area contributed by atoms with Gasteiger partial charge in [-0.1, -0.05) is 12.1 Å². The number of methoxy groups -OCH3 is 1. The van der Waals surface area contributed by atoms with E-state index in [-0.39, 0.29) is 23.8 Å². The normalized spacial score (nSPS) is 24.0. The number of likely N-dealkylation sites (tertiary alicyclic amines) is 2. The summed E-state index contributed by atoms with van der Waals surface area (Å²) in [6.45, 7) is 2.33. The molecule has 2 aliphatic heterocycles. The van der Waals surface area contributed by atoms with Crippen LogP contribution in [0.25, 0.3) is 0 Å². The van der Waals surface area contributed by atoms with Gasteiger partial charge in [0.2, 0.25) is 11.8 Å². The summed E-state index contributed by atoms with van der Waals surface area (Å²) in [5, 5.41) is 0. The number of nitrogens with zero attached hydrogens (tertiary/aromatic N) is 2. The molecule has 1 atom stereocenters. The summed E-state index contributed by atoms with van der Waals surface area (Å²) < 4.78 is 5.24. The lowest BCUT2D eigenvalue weighted by Gasteiger charge is -2.35. The van der Waals surface area contributed by atoms with E-state index in [9.17, 15) is 9.59 Å². The van der Waals surface area contributed by atoms with Crippen molar-refractivity contribution >= 4 is 11.8 Å². The topological polar surface area (TPSA) is 49.9 Å². The average molecular weight is 356 g/mol. The molecular weight excluding hydrogens is 328 g/mol. The molecule has 0 radical (unpaired) electrons. The van der Waals surface area contributed by atoms with Gasteiger partial charge >= 0.3 is 0 Å². The van der Waals surface area contributed by atoms with E-state index in [1.165, 1.54) is 5.56 Å². The summed E-state index contributed by atoms with van der Waals surface area (Å²) in [6.07, 6.45) is 5.80. The van der Waals surface area contributed by atoms with Gasteiger partial charge in [-0.2, -0.15) is 0 Å². The van der Waals surface area contributed by atoms with E-state index >= 15 is 0 Å². The highest BCUT2D eigenvalue weighted by molar-refractivity contribution is 5.82. The Kier molecular flexibility index (Phi) is 4.88. The van der Waals surface area contributed by atoms with E-state index < -0.39 is 0 Å². The molecule has 2 saturated heterocycles. The van der Waals surface area contributed by atoms with Gasteiger partial charge in [-0.05, 0) is 56.2 Å². The minimum atomic E-state index is 0.0668. The van der Waals surface area contributed by atoms with Gasteiger partial charge < -0.3 is 14.5 Å². The SMILES string of the molecule is COc1ccc([C@H]2CCCN2C(=O)C2CCN(C(=O)C3CC3)CC2)cc1. The van der Waals surface area contributed by atoms with Crippen LogP contribution in [0.15, 0.2) is 24.3 Å². The monoisotopic (exact) mass is 356 g/mol. The lowest BCUT2D eigenvalue weighted by molar-refractivity contribution is -0.142. The van der Waals surface area contributed by atoms with Crippen molar-refractivity contribution in [1.29, 1.82) is 0 Å². The van der Waals surface area contributed by atoms with Crippen LogP contribution in [0.2, 0.25) is 0 Å². The van der Waals surface area contributed by atoms with Crippen LogP contribution < -0.4 is 4.74 Å². The van der Waals surface area contributed by atoms with Crippen LogP contribution in [0.1, 0.15) is 50.1 Å². The molecule has 4 rings (SSSR count). The predicted molar refractivity (Wildman–Crippen MR) is 98.7 cm³/mol. The van der Waals surface area contributed by atoms with E-state index in [4.69, 9.17) is 4.74 Å². The first-order valence-electron chi connectivity index (χ1n) is 9.90. The number of carbonyl (C=O) groups is 2. The van der Waals surface area contributed by atoms with Crippen molar-refractivity contribution < 1.29 is 14.3 Å². The van der Waals surface area contributed by atoms with Crippen molar-refractivity contribution in [2.45, 2.75) is 44.6 Å². The Morgan fingerprint density at radius 3 is 2.15 bits per heavy atom. The molecule has 140 valence electrons. The number of hydrogen-bond acceptors (Lipinski definition) is 3. The van der Waals surface area contributed by atoms with Gasteiger partial charge in [0.05, 0.1) is 13.2 Å². The number of carbonyl (C=O) groups excluding carboxylic acids is 2. The Bertz CT molecular complexity index is 660. The van der Waals surface area contributed by atoms with E-state index in [1.807, 2.05) is 17.0 Å². The van der Waals surface area contributed by atoms with Crippen LogP contribution in [-0.2, 0) is 9.59 Å². The van der Waals surface area contributed by atoms with Crippen LogP contribution in [-0.4, -0.2) is 48.4 Å². The van der Waals surface area contributed by atoms with Crippen LogP contribution in [0, 0.1) is 11.8 Å². The third kappa shape index (κ3) is 3.44. The number of amides is 2. The molecule has 1 aromatic carbocycles. The predicted octanol–water partition coefficient (Wildman–Crippen LogP) is 3.01. The average Bonchev–Trinajstić information content (AvgIpc) is 3.43. The highest BCUT2D eigenvalue weighted by Crippen LogP contribution is 2.36. The number of hydrogen-bond donors (Lipinski definition) is 0. The molecule has 1 saturated carbocycles. The largest absolute Gasteiger partial charge is 0.497 e. The highest BCUT2D eigenvalue weighted by atomic mass is 16.5. The summed E-state index contributed by atoms with van der Waals surface area (Å²) in [5.41, 5.74) is 1.19. The Labute approximate surface area is 155 Å². The minimum Gasteiger partial charge on any atom is -0.497 e. The molecule has 1 aromatic rings. The molecule has 2 heterocycles. The second-order valence-corrected chi connectivity index (χ2v) is 7.84. The summed E-state index contributed by atoms with van der Waals surface area (Å²) >= 11 is 0. The second kappa shape index (κ2) is 7.29. The molecule has 0 bridgehead atoms. The molecule has 2 amide bonds. The second-order valence-electron chi connectivity index (χ2n) is 7.84. The Hall–Kier alpha value is -2.04. The van der Waals surface area contributed by atoms with Gasteiger partial charge in [0.15, 0.2) is 0 Å². The first kappa shape index (κ1) is 17.4. The smallest absolute Gasteiger partial charge is 0.226 e. The third-order valence-electron chi connectivity index (χ3n) is 6.12. The molecule has 5 heteroatoms. The van der Waals surface area contributed by atoms with Crippen LogP contribution in [0.3, 0.4) is 0 Å². The zero-order valence-corrected chi connectivity index (χ0v) is 15.5. The van der Waals surface area contributed by atoms with Gasteiger partial charge in [-0.3, -0.25) is 9.59 Å². The quantitative estimate of drug-likeness (QED) is 0.833. The van der Waals surface area contributed by atoms with Crippen LogP contribution >= 0.6 is 0 Å². The Morgan fingerprint density at radius 1 is 0.885 bits per heavy atom. The van der Waals surface area contributed by atoms with Gasteiger partial charge in [0.1, 0.15) is 5.75 Å². The van der Waals surface area contributed by atoms with Crippen molar-refractivity contribution in [3.05, 3.63) is 29.8 Å². The molecule has 0 spiro atoms. The van der Waals surface area contributed by atoms with Crippen molar-refractivity contribution in [1.82, 2.24) is 9.80 Å². The van der Waals surface area contributed by atoms with E-state index in [0.29, 0.717) is 5.91 Å². The molecule has 0 aromatic heterocycles. The summed E-state index contributed by atoms with van der Waals surface area (Å²) in [4.78, 5) is 29.4. The molecule has 26 heavy (non-hydrogen) atoms. The highest BCUT2D eigenvalue weighted by Gasteiger charge is 2.38. The van der Waals surface area contributed by atoms with Crippen molar-refractivity contribution in [3.8, 4) is 5.75 Å². The fraction of sp³-hybridized carbons (Fsp3) is 0.619. The van der Waals surface area contributed by atoms with Crippen molar-refractivity contribution in [2.75, 3.05) is 26.7 Å². The molecule has 5 nitrogen and oxygen atoms in total.